The third kappa shape index (κ3) is 4.22. The summed E-state index contributed by atoms with van der Waals surface area (Å²) < 4.78 is 11.3. The van der Waals surface area contributed by atoms with E-state index < -0.39 is 0 Å². The fourth-order valence-electron chi connectivity index (χ4n) is 2.70. The predicted octanol–water partition coefficient (Wildman–Crippen LogP) is 3.33. The number of rotatable bonds is 7. The Morgan fingerprint density at radius 3 is 2.90 bits per heavy atom. The summed E-state index contributed by atoms with van der Waals surface area (Å²) in [7, 11) is 2.03. The van der Waals surface area contributed by atoms with Gasteiger partial charge in [-0.3, -0.25) is 0 Å². The number of fused-ring (bicyclic) bond motifs is 1. The lowest BCUT2D eigenvalue weighted by Gasteiger charge is -2.25. The van der Waals surface area contributed by atoms with Crippen molar-refractivity contribution in [3.05, 3.63) is 29.3 Å². The molecule has 112 valence electrons. The molecular formula is C17H27NO2. The Morgan fingerprint density at radius 1 is 1.30 bits per heavy atom. The van der Waals surface area contributed by atoms with Gasteiger partial charge in [0.2, 0.25) is 0 Å². The van der Waals surface area contributed by atoms with Gasteiger partial charge in [0.15, 0.2) is 0 Å². The van der Waals surface area contributed by atoms with Gasteiger partial charge in [-0.25, -0.2) is 0 Å². The SMILES string of the molecule is CNC1CCCc2ccc(OCCOCC(C)C)cc21. The van der Waals surface area contributed by atoms with Gasteiger partial charge in [-0.1, -0.05) is 19.9 Å². The second-order valence-corrected chi connectivity index (χ2v) is 5.91. The van der Waals surface area contributed by atoms with Crippen molar-refractivity contribution in [2.75, 3.05) is 26.9 Å². The van der Waals surface area contributed by atoms with Crippen LogP contribution in [0.15, 0.2) is 18.2 Å². The largest absolute Gasteiger partial charge is 0.491 e. The first-order chi connectivity index (χ1) is 9.70. The molecule has 1 unspecified atom stereocenters. The smallest absolute Gasteiger partial charge is 0.119 e. The molecule has 1 aromatic rings. The summed E-state index contributed by atoms with van der Waals surface area (Å²) in [5, 5.41) is 3.40. The average Bonchev–Trinajstić information content (AvgIpc) is 2.45. The molecule has 20 heavy (non-hydrogen) atoms. The zero-order chi connectivity index (χ0) is 14.4. The van der Waals surface area contributed by atoms with E-state index >= 15 is 0 Å². The number of aryl methyl sites for hydroxylation is 1. The fourth-order valence-corrected chi connectivity index (χ4v) is 2.70. The number of hydrogen-bond donors (Lipinski definition) is 1. The van der Waals surface area contributed by atoms with Gasteiger partial charge in [0, 0.05) is 12.6 Å². The summed E-state index contributed by atoms with van der Waals surface area (Å²) in [5.74, 6) is 1.54. The Labute approximate surface area is 122 Å². The van der Waals surface area contributed by atoms with Gasteiger partial charge in [-0.2, -0.15) is 0 Å². The predicted molar refractivity (Wildman–Crippen MR) is 82.3 cm³/mol. The molecule has 1 aliphatic rings. The molecule has 0 aliphatic heterocycles. The minimum atomic E-state index is 0.472. The number of benzene rings is 1. The van der Waals surface area contributed by atoms with Crippen LogP contribution < -0.4 is 10.1 Å². The van der Waals surface area contributed by atoms with E-state index in [2.05, 4.69) is 37.4 Å². The second-order valence-electron chi connectivity index (χ2n) is 5.91. The lowest BCUT2D eigenvalue weighted by atomic mass is 9.87. The van der Waals surface area contributed by atoms with Crippen molar-refractivity contribution < 1.29 is 9.47 Å². The highest BCUT2D eigenvalue weighted by molar-refractivity contribution is 5.39. The van der Waals surface area contributed by atoms with Crippen molar-refractivity contribution in [3.63, 3.8) is 0 Å². The molecule has 0 fully saturated rings. The molecule has 1 aromatic carbocycles. The van der Waals surface area contributed by atoms with Gasteiger partial charge in [0.05, 0.1) is 6.61 Å². The Kier molecular flexibility index (Phi) is 5.86. The van der Waals surface area contributed by atoms with Gasteiger partial charge in [0.25, 0.3) is 0 Å². The summed E-state index contributed by atoms with van der Waals surface area (Å²) >= 11 is 0. The van der Waals surface area contributed by atoms with Crippen molar-refractivity contribution in [1.29, 1.82) is 0 Å². The Bertz CT molecular complexity index is 417. The van der Waals surface area contributed by atoms with Crippen LogP contribution in [0, 0.1) is 5.92 Å². The van der Waals surface area contributed by atoms with E-state index in [9.17, 15) is 0 Å². The summed E-state index contributed by atoms with van der Waals surface area (Å²) in [6.45, 7) is 6.39. The maximum absolute atomic E-state index is 5.79. The zero-order valence-electron chi connectivity index (χ0n) is 12.9. The highest BCUT2D eigenvalue weighted by Crippen LogP contribution is 2.32. The normalized spacial score (nSPS) is 18.1. The minimum Gasteiger partial charge on any atom is -0.491 e. The molecule has 0 saturated carbocycles. The summed E-state index contributed by atoms with van der Waals surface area (Å²) in [6, 6.07) is 6.96. The van der Waals surface area contributed by atoms with Crippen molar-refractivity contribution >= 4 is 0 Å². The molecule has 0 spiro atoms. The second kappa shape index (κ2) is 7.65. The van der Waals surface area contributed by atoms with E-state index in [1.165, 1.54) is 30.4 Å². The van der Waals surface area contributed by atoms with Crippen LogP contribution in [0.5, 0.6) is 5.75 Å². The van der Waals surface area contributed by atoms with Crippen LogP contribution in [0.25, 0.3) is 0 Å². The van der Waals surface area contributed by atoms with Crippen LogP contribution >= 0.6 is 0 Å². The highest BCUT2D eigenvalue weighted by Gasteiger charge is 2.19. The summed E-state index contributed by atoms with van der Waals surface area (Å²) in [6.07, 6.45) is 3.66. The Morgan fingerprint density at radius 2 is 2.15 bits per heavy atom. The Balaban J connectivity index is 1.87. The first-order valence-corrected chi connectivity index (χ1v) is 7.71. The quantitative estimate of drug-likeness (QED) is 0.775. The van der Waals surface area contributed by atoms with Gasteiger partial charge < -0.3 is 14.8 Å². The first-order valence-electron chi connectivity index (χ1n) is 7.71. The van der Waals surface area contributed by atoms with E-state index in [1.54, 1.807) is 0 Å². The Hall–Kier alpha value is -1.06. The lowest BCUT2D eigenvalue weighted by Crippen LogP contribution is -2.21. The lowest BCUT2D eigenvalue weighted by molar-refractivity contribution is 0.0818. The third-order valence-electron chi connectivity index (χ3n) is 3.73. The molecular weight excluding hydrogens is 250 g/mol. The van der Waals surface area contributed by atoms with Crippen LogP contribution in [-0.2, 0) is 11.2 Å². The molecule has 3 heteroatoms. The number of hydrogen-bond acceptors (Lipinski definition) is 3. The van der Waals surface area contributed by atoms with E-state index in [0.29, 0.717) is 25.2 Å². The fraction of sp³-hybridized carbons (Fsp3) is 0.647. The molecule has 0 aromatic heterocycles. The van der Waals surface area contributed by atoms with Crippen molar-refractivity contribution in [1.82, 2.24) is 5.32 Å². The topological polar surface area (TPSA) is 30.5 Å². The molecule has 0 bridgehead atoms. The van der Waals surface area contributed by atoms with Gasteiger partial charge in [0.1, 0.15) is 12.4 Å². The molecule has 1 N–H and O–H groups in total. The van der Waals surface area contributed by atoms with E-state index in [1.807, 2.05) is 7.05 Å². The standard InChI is InChI=1S/C17H27NO2/c1-13(2)12-19-9-10-20-15-8-7-14-5-4-6-17(18-3)16(14)11-15/h7-8,11,13,17-18H,4-6,9-10,12H2,1-3H3. The monoisotopic (exact) mass is 277 g/mol. The van der Waals surface area contributed by atoms with Crippen LogP contribution in [0.3, 0.4) is 0 Å². The van der Waals surface area contributed by atoms with E-state index in [4.69, 9.17) is 9.47 Å². The van der Waals surface area contributed by atoms with Gasteiger partial charge in [-0.05, 0) is 55.5 Å². The number of ether oxygens (including phenoxy) is 2. The van der Waals surface area contributed by atoms with E-state index in [-0.39, 0.29) is 0 Å². The molecule has 1 atom stereocenters. The van der Waals surface area contributed by atoms with Crippen LogP contribution in [0.1, 0.15) is 43.9 Å². The molecule has 0 heterocycles. The minimum absolute atomic E-state index is 0.472. The highest BCUT2D eigenvalue weighted by atomic mass is 16.5. The van der Waals surface area contributed by atoms with Crippen molar-refractivity contribution in [2.45, 2.75) is 39.2 Å². The average molecular weight is 277 g/mol. The molecule has 0 radical (unpaired) electrons. The van der Waals surface area contributed by atoms with Crippen LogP contribution in [-0.4, -0.2) is 26.9 Å². The summed E-state index contributed by atoms with van der Waals surface area (Å²) in [4.78, 5) is 0. The third-order valence-corrected chi connectivity index (χ3v) is 3.73. The van der Waals surface area contributed by atoms with Crippen molar-refractivity contribution in [2.24, 2.45) is 5.92 Å². The van der Waals surface area contributed by atoms with E-state index in [0.717, 1.165) is 12.4 Å². The first kappa shape index (κ1) is 15.3. The van der Waals surface area contributed by atoms with Gasteiger partial charge >= 0.3 is 0 Å². The number of nitrogens with one attached hydrogen (secondary N) is 1. The maximum atomic E-state index is 5.79. The van der Waals surface area contributed by atoms with Crippen LogP contribution in [0.2, 0.25) is 0 Å². The molecule has 0 amide bonds. The van der Waals surface area contributed by atoms with Gasteiger partial charge in [-0.15, -0.1) is 0 Å². The maximum Gasteiger partial charge on any atom is 0.119 e. The van der Waals surface area contributed by atoms with Crippen LogP contribution in [0.4, 0.5) is 0 Å². The summed E-state index contributed by atoms with van der Waals surface area (Å²) in [5.41, 5.74) is 2.86. The zero-order valence-corrected chi connectivity index (χ0v) is 12.9. The van der Waals surface area contributed by atoms with Crippen molar-refractivity contribution in [3.8, 4) is 5.75 Å². The molecule has 3 nitrogen and oxygen atoms in total. The molecule has 0 saturated heterocycles. The molecule has 2 rings (SSSR count). The molecule has 1 aliphatic carbocycles.